The van der Waals surface area contributed by atoms with Gasteiger partial charge in [0.25, 0.3) is 11.8 Å². The molecule has 0 unspecified atom stereocenters. The number of carbonyl (C=O) groups is 3. The van der Waals surface area contributed by atoms with E-state index in [1.165, 1.54) is 4.90 Å². The van der Waals surface area contributed by atoms with Gasteiger partial charge in [0.1, 0.15) is 5.75 Å². The third-order valence-electron chi connectivity index (χ3n) is 8.28. The highest BCUT2D eigenvalue weighted by molar-refractivity contribution is 6.22. The Labute approximate surface area is 205 Å². The number of benzene rings is 2. The fourth-order valence-electron chi connectivity index (χ4n) is 6.33. The molecule has 2 saturated carbocycles. The van der Waals surface area contributed by atoms with Crippen LogP contribution in [0.5, 0.6) is 5.75 Å². The number of amides is 3. The molecular weight excluding hydrogens is 442 g/mol. The number of nitrogens with zero attached hydrogens (tertiary/aromatic N) is 2. The van der Waals surface area contributed by atoms with Crippen molar-refractivity contribution in [1.29, 1.82) is 0 Å². The molecule has 3 atom stereocenters. The van der Waals surface area contributed by atoms with Gasteiger partial charge in [-0.05, 0) is 92.7 Å². The number of anilines is 1. The molecule has 3 fully saturated rings. The molecule has 2 bridgehead atoms. The van der Waals surface area contributed by atoms with Crippen molar-refractivity contribution in [2.24, 2.45) is 11.8 Å². The maximum atomic E-state index is 13.5. The summed E-state index contributed by atoms with van der Waals surface area (Å²) in [5.74, 6) is 0.524. The topological polar surface area (TPSA) is 90.0 Å². The van der Waals surface area contributed by atoms with Gasteiger partial charge in [0.15, 0.2) is 0 Å². The van der Waals surface area contributed by atoms with E-state index in [-0.39, 0.29) is 23.8 Å². The van der Waals surface area contributed by atoms with Crippen molar-refractivity contribution in [3.8, 4) is 5.75 Å². The monoisotopic (exact) mass is 473 g/mol. The molecule has 7 heteroatoms. The Morgan fingerprint density at radius 1 is 1.00 bits per heavy atom. The van der Waals surface area contributed by atoms with E-state index in [2.05, 4.69) is 10.2 Å². The Morgan fingerprint density at radius 3 is 2.43 bits per heavy atom. The minimum absolute atomic E-state index is 0.0593. The van der Waals surface area contributed by atoms with E-state index < -0.39 is 0 Å². The molecule has 35 heavy (non-hydrogen) atoms. The van der Waals surface area contributed by atoms with Crippen LogP contribution >= 0.6 is 0 Å². The summed E-state index contributed by atoms with van der Waals surface area (Å²) in [5.41, 5.74) is 4.15. The fraction of sp³-hybridized carbons (Fsp3) is 0.464. The predicted molar refractivity (Wildman–Crippen MR) is 131 cm³/mol. The Bertz CT molecular complexity index is 1230. The summed E-state index contributed by atoms with van der Waals surface area (Å²) in [6, 6.07) is 9.19. The van der Waals surface area contributed by atoms with E-state index in [9.17, 15) is 19.5 Å². The van der Waals surface area contributed by atoms with Crippen LogP contribution in [0.4, 0.5) is 5.69 Å². The standard InChI is InChI=1S/C28H31N3O4/c1-15-9-18(10-16(2)25(15)32)14-30-21-7-5-19(11-21)24(30)26(33)29-20-6-8-22-23(12-20)28(35)31(27(22)34)13-17-3-4-17/h6,8-10,12,17,19,21,24,32H,3-5,7,11,13-14H2,1-2H3,(H,29,33)/t19-,21+,24-/m0/s1. The average molecular weight is 474 g/mol. The van der Waals surface area contributed by atoms with E-state index in [0.717, 1.165) is 48.8 Å². The Balaban J connectivity index is 1.20. The first-order valence-corrected chi connectivity index (χ1v) is 12.7. The number of hydrogen-bond acceptors (Lipinski definition) is 5. The molecule has 2 aliphatic heterocycles. The van der Waals surface area contributed by atoms with Gasteiger partial charge in [-0.1, -0.05) is 12.1 Å². The van der Waals surface area contributed by atoms with Gasteiger partial charge >= 0.3 is 0 Å². The summed E-state index contributed by atoms with van der Waals surface area (Å²) < 4.78 is 0. The van der Waals surface area contributed by atoms with E-state index >= 15 is 0 Å². The van der Waals surface area contributed by atoms with Crippen LogP contribution in [0.15, 0.2) is 30.3 Å². The van der Waals surface area contributed by atoms with Crippen molar-refractivity contribution in [1.82, 2.24) is 9.80 Å². The molecule has 0 spiro atoms. The lowest BCUT2D eigenvalue weighted by Crippen LogP contribution is -2.47. The number of aryl methyl sites for hydroxylation is 2. The van der Waals surface area contributed by atoms with Crippen molar-refractivity contribution in [3.05, 3.63) is 58.1 Å². The van der Waals surface area contributed by atoms with E-state index in [0.29, 0.717) is 53.5 Å². The molecule has 0 radical (unpaired) electrons. The number of hydrogen-bond donors (Lipinski definition) is 2. The van der Waals surface area contributed by atoms with Gasteiger partial charge in [-0.15, -0.1) is 0 Å². The van der Waals surface area contributed by atoms with Crippen LogP contribution in [0.25, 0.3) is 0 Å². The molecule has 6 rings (SSSR count). The van der Waals surface area contributed by atoms with Crippen molar-refractivity contribution in [3.63, 3.8) is 0 Å². The van der Waals surface area contributed by atoms with Crippen molar-refractivity contribution >= 4 is 23.4 Å². The second-order valence-electron chi connectivity index (χ2n) is 10.8. The van der Waals surface area contributed by atoms with Crippen LogP contribution in [0, 0.1) is 25.7 Å². The Kier molecular flexibility index (Phi) is 5.22. The maximum absolute atomic E-state index is 13.5. The SMILES string of the molecule is Cc1cc(CN2[C@@H]3CC[C@@H](C3)[C@H]2C(=O)Nc2ccc3c(c2)C(=O)N(CC2CC2)C3=O)cc(C)c1O. The Morgan fingerprint density at radius 2 is 1.71 bits per heavy atom. The minimum atomic E-state index is -0.257. The van der Waals surface area contributed by atoms with Gasteiger partial charge in [-0.3, -0.25) is 24.2 Å². The number of piperidine rings is 1. The molecule has 4 aliphatic rings. The first kappa shape index (κ1) is 22.3. The summed E-state index contributed by atoms with van der Waals surface area (Å²) in [6.45, 7) is 4.95. The molecule has 3 amide bonds. The van der Waals surface area contributed by atoms with Crippen LogP contribution in [0.1, 0.15) is 69.5 Å². The maximum Gasteiger partial charge on any atom is 0.261 e. The molecule has 2 heterocycles. The lowest BCUT2D eigenvalue weighted by molar-refractivity contribution is -0.123. The summed E-state index contributed by atoms with van der Waals surface area (Å²) in [7, 11) is 0. The Hall–Kier alpha value is -3.19. The average Bonchev–Trinajstić information content (AvgIpc) is 3.35. The van der Waals surface area contributed by atoms with Gasteiger partial charge in [0, 0.05) is 24.8 Å². The van der Waals surface area contributed by atoms with Gasteiger partial charge in [-0.2, -0.15) is 0 Å². The molecule has 2 aromatic carbocycles. The molecule has 7 nitrogen and oxygen atoms in total. The van der Waals surface area contributed by atoms with Crippen molar-refractivity contribution < 1.29 is 19.5 Å². The summed E-state index contributed by atoms with van der Waals surface area (Å²) in [5, 5.41) is 13.2. The zero-order chi connectivity index (χ0) is 24.4. The number of aromatic hydroxyl groups is 1. The normalized spacial score (nSPS) is 25.4. The van der Waals surface area contributed by atoms with E-state index in [4.69, 9.17) is 0 Å². The minimum Gasteiger partial charge on any atom is -0.507 e. The molecular formula is C28H31N3O4. The summed E-state index contributed by atoms with van der Waals surface area (Å²) >= 11 is 0. The fourth-order valence-corrected chi connectivity index (χ4v) is 6.33. The number of phenolic OH excluding ortho intramolecular Hbond substituents is 1. The molecule has 2 aliphatic carbocycles. The summed E-state index contributed by atoms with van der Waals surface area (Å²) in [6.07, 6.45) is 5.29. The predicted octanol–water partition coefficient (Wildman–Crippen LogP) is 4.01. The highest BCUT2D eigenvalue weighted by Gasteiger charge is 2.49. The number of carbonyl (C=O) groups excluding carboxylic acids is 3. The number of nitrogens with one attached hydrogen (secondary N) is 1. The van der Waals surface area contributed by atoms with Crippen molar-refractivity contribution in [2.45, 2.75) is 64.6 Å². The number of rotatable bonds is 6. The van der Waals surface area contributed by atoms with Crippen molar-refractivity contribution in [2.75, 3.05) is 11.9 Å². The molecule has 182 valence electrons. The van der Waals surface area contributed by atoms with E-state index in [1.54, 1.807) is 18.2 Å². The quantitative estimate of drug-likeness (QED) is 0.619. The van der Waals surface area contributed by atoms with Crippen LogP contribution in [-0.2, 0) is 11.3 Å². The lowest BCUT2D eigenvalue weighted by atomic mass is 9.96. The second-order valence-corrected chi connectivity index (χ2v) is 10.8. The third kappa shape index (κ3) is 3.82. The smallest absolute Gasteiger partial charge is 0.261 e. The lowest BCUT2D eigenvalue weighted by Gasteiger charge is -2.34. The highest BCUT2D eigenvalue weighted by atomic mass is 16.3. The first-order valence-electron chi connectivity index (χ1n) is 12.7. The number of imide groups is 1. The number of phenols is 1. The first-order chi connectivity index (χ1) is 16.8. The molecule has 0 aromatic heterocycles. The summed E-state index contributed by atoms with van der Waals surface area (Å²) in [4.78, 5) is 42.7. The third-order valence-corrected chi connectivity index (χ3v) is 8.28. The zero-order valence-corrected chi connectivity index (χ0v) is 20.2. The van der Waals surface area contributed by atoms with Gasteiger partial charge in [0.05, 0.1) is 17.2 Å². The van der Waals surface area contributed by atoms with Crippen LogP contribution < -0.4 is 5.32 Å². The van der Waals surface area contributed by atoms with E-state index in [1.807, 2.05) is 26.0 Å². The van der Waals surface area contributed by atoms with Gasteiger partial charge in [0.2, 0.25) is 5.91 Å². The van der Waals surface area contributed by atoms with Gasteiger partial charge in [-0.25, -0.2) is 0 Å². The molecule has 1 saturated heterocycles. The van der Waals surface area contributed by atoms with Crippen LogP contribution in [0.2, 0.25) is 0 Å². The number of fused-ring (bicyclic) bond motifs is 3. The largest absolute Gasteiger partial charge is 0.507 e. The van der Waals surface area contributed by atoms with Crippen LogP contribution in [-0.4, -0.2) is 51.3 Å². The molecule has 2 aromatic rings. The molecule has 2 N–H and O–H groups in total. The number of likely N-dealkylation sites (tertiary alicyclic amines) is 1. The second kappa shape index (κ2) is 8.19. The van der Waals surface area contributed by atoms with Gasteiger partial charge < -0.3 is 10.4 Å². The van der Waals surface area contributed by atoms with Crippen LogP contribution in [0.3, 0.4) is 0 Å². The highest BCUT2D eigenvalue weighted by Crippen LogP contribution is 2.44. The zero-order valence-electron chi connectivity index (χ0n) is 20.2.